The Balaban J connectivity index is 2.04. The molecule has 0 saturated heterocycles. The molecule has 0 radical (unpaired) electrons. The third-order valence-corrected chi connectivity index (χ3v) is 5.69. The minimum atomic E-state index is -3.69. The number of aryl methyl sites for hydroxylation is 3. The molecule has 0 fully saturated rings. The van der Waals surface area contributed by atoms with E-state index in [4.69, 9.17) is 4.74 Å². The molecule has 2 aromatic carbocycles. The summed E-state index contributed by atoms with van der Waals surface area (Å²) in [6.45, 7) is 1.88. The SMILES string of the molecule is COc1cc2c(cc1S(=O)(=O)Nc1ccccc1C)CCCC2. The molecule has 1 aliphatic rings. The van der Waals surface area contributed by atoms with Crippen molar-refractivity contribution < 1.29 is 13.2 Å². The van der Waals surface area contributed by atoms with Crippen molar-refractivity contribution in [3.05, 3.63) is 53.1 Å². The first kappa shape index (κ1) is 15.9. The van der Waals surface area contributed by atoms with E-state index < -0.39 is 10.0 Å². The zero-order valence-corrected chi connectivity index (χ0v) is 14.2. The van der Waals surface area contributed by atoms with Crippen LogP contribution in [0.25, 0.3) is 0 Å². The molecule has 0 amide bonds. The Morgan fingerprint density at radius 1 is 1.04 bits per heavy atom. The fraction of sp³-hybridized carbons (Fsp3) is 0.333. The second-order valence-electron chi connectivity index (χ2n) is 5.90. The van der Waals surface area contributed by atoms with Crippen LogP contribution in [-0.2, 0) is 22.9 Å². The number of fused-ring (bicyclic) bond motifs is 1. The second-order valence-corrected chi connectivity index (χ2v) is 7.55. The van der Waals surface area contributed by atoms with Crippen LogP contribution < -0.4 is 9.46 Å². The molecule has 0 aromatic heterocycles. The molecule has 0 spiro atoms. The van der Waals surface area contributed by atoms with Crippen molar-refractivity contribution in [2.24, 2.45) is 0 Å². The summed E-state index contributed by atoms with van der Waals surface area (Å²) >= 11 is 0. The summed E-state index contributed by atoms with van der Waals surface area (Å²) in [7, 11) is -2.18. The molecule has 0 bridgehead atoms. The van der Waals surface area contributed by atoms with E-state index in [0.717, 1.165) is 36.8 Å². The van der Waals surface area contributed by atoms with Gasteiger partial charge in [-0.1, -0.05) is 18.2 Å². The highest BCUT2D eigenvalue weighted by Crippen LogP contribution is 2.33. The Hall–Kier alpha value is -2.01. The minimum absolute atomic E-state index is 0.212. The predicted molar refractivity (Wildman–Crippen MR) is 91.6 cm³/mol. The first-order chi connectivity index (χ1) is 11.0. The van der Waals surface area contributed by atoms with Crippen LogP contribution in [0.1, 0.15) is 29.5 Å². The van der Waals surface area contributed by atoms with Crippen molar-refractivity contribution in [1.82, 2.24) is 0 Å². The number of sulfonamides is 1. The molecule has 1 N–H and O–H groups in total. The monoisotopic (exact) mass is 331 g/mol. The molecule has 0 atom stereocenters. The Morgan fingerprint density at radius 2 is 1.70 bits per heavy atom. The first-order valence-corrected chi connectivity index (χ1v) is 9.28. The molecule has 5 heteroatoms. The summed E-state index contributed by atoms with van der Waals surface area (Å²) in [6.07, 6.45) is 4.15. The molecular weight excluding hydrogens is 310 g/mol. The third-order valence-electron chi connectivity index (χ3n) is 4.31. The van der Waals surface area contributed by atoms with Gasteiger partial charge in [0.25, 0.3) is 10.0 Å². The summed E-state index contributed by atoms with van der Waals surface area (Å²) < 4.78 is 33.7. The zero-order valence-electron chi connectivity index (χ0n) is 13.4. The number of para-hydroxylation sites is 1. The average Bonchev–Trinajstić information content (AvgIpc) is 2.55. The van der Waals surface area contributed by atoms with Crippen LogP contribution in [0.15, 0.2) is 41.3 Å². The molecule has 122 valence electrons. The van der Waals surface area contributed by atoms with Crippen LogP contribution in [0.4, 0.5) is 5.69 Å². The van der Waals surface area contributed by atoms with Gasteiger partial charge < -0.3 is 4.74 Å². The smallest absolute Gasteiger partial charge is 0.265 e. The number of hydrogen-bond acceptors (Lipinski definition) is 3. The van der Waals surface area contributed by atoms with Gasteiger partial charge in [0.2, 0.25) is 0 Å². The molecule has 0 heterocycles. The van der Waals surface area contributed by atoms with Crippen molar-refractivity contribution in [3.8, 4) is 5.75 Å². The average molecular weight is 331 g/mol. The topological polar surface area (TPSA) is 55.4 Å². The van der Waals surface area contributed by atoms with Gasteiger partial charge in [-0.25, -0.2) is 8.42 Å². The summed E-state index contributed by atoms with van der Waals surface area (Å²) in [6, 6.07) is 11.0. The molecule has 2 aromatic rings. The van der Waals surface area contributed by atoms with Gasteiger partial charge in [0.15, 0.2) is 0 Å². The molecule has 4 nitrogen and oxygen atoms in total. The minimum Gasteiger partial charge on any atom is -0.495 e. The van der Waals surface area contributed by atoms with Crippen LogP contribution >= 0.6 is 0 Å². The molecule has 1 aliphatic carbocycles. The maximum absolute atomic E-state index is 12.8. The van der Waals surface area contributed by atoms with Gasteiger partial charge in [-0.2, -0.15) is 0 Å². The lowest BCUT2D eigenvalue weighted by Gasteiger charge is -2.20. The lowest BCUT2D eigenvalue weighted by molar-refractivity contribution is 0.401. The Labute approximate surface area is 137 Å². The van der Waals surface area contributed by atoms with Gasteiger partial charge in [0.1, 0.15) is 10.6 Å². The molecular formula is C18H21NO3S. The van der Waals surface area contributed by atoms with Gasteiger partial charge in [0.05, 0.1) is 12.8 Å². The molecule has 23 heavy (non-hydrogen) atoms. The van der Waals surface area contributed by atoms with Crippen molar-refractivity contribution in [2.45, 2.75) is 37.5 Å². The summed E-state index contributed by atoms with van der Waals surface area (Å²) in [4.78, 5) is 0.212. The predicted octanol–water partition coefficient (Wildman–Crippen LogP) is 3.68. The molecule has 0 aliphatic heterocycles. The van der Waals surface area contributed by atoms with Gasteiger partial charge in [0, 0.05) is 0 Å². The summed E-state index contributed by atoms with van der Waals surface area (Å²) in [5.41, 5.74) is 3.78. The van der Waals surface area contributed by atoms with Gasteiger partial charge in [-0.05, 0) is 67.5 Å². The quantitative estimate of drug-likeness (QED) is 0.930. The number of benzene rings is 2. The first-order valence-electron chi connectivity index (χ1n) is 7.79. The summed E-state index contributed by atoms with van der Waals surface area (Å²) in [5.74, 6) is 0.409. The Kier molecular flexibility index (Phi) is 4.31. The largest absolute Gasteiger partial charge is 0.495 e. The van der Waals surface area contributed by atoms with Crippen LogP contribution in [0.3, 0.4) is 0 Å². The van der Waals surface area contributed by atoms with Crippen molar-refractivity contribution >= 4 is 15.7 Å². The van der Waals surface area contributed by atoms with E-state index in [1.54, 1.807) is 12.1 Å². The van der Waals surface area contributed by atoms with Gasteiger partial charge >= 0.3 is 0 Å². The van der Waals surface area contributed by atoms with E-state index in [9.17, 15) is 8.42 Å². The van der Waals surface area contributed by atoms with Gasteiger partial charge in [-0.15, -0.1) is 0 Å². The highest BCUT2D eigenvalue weighted by molar-refractivity contribution is 7.92. The van der Waals surface area contributed by atoms with Crippen molar-refractivity contribution in [1.29, 1.82) is 0 Å². The standard InChI is InChI=1S/C18H21NO3S/c1-13-7-3-6-10-16(13)19-23(20,21)18-12-15-9-5-4-8-14(15)11-17(18)22-2/h3,6-7,10-12,19H,4-5,8-9H2,1-2H3. The number of nitrogens with one attached hydrogen (secondary N) is 1. The highest BCUT2D eigenvalue weighted by Gasteiger charge is 2.23. The van der Waals surface area contributed by atoms with Crippen LogP contribution in [0.5, 0.6) is 5.75 Å². The van der Waals surface area contributed by atoms with E-state index >= 15 is 0 Å². The molecule has 3 rings (SSSR count). The number of hydrogen-bond donors (Lipinski definition) is 1. The van der Waals surface area contributed by atoms with E-state index in [2.05, 4.69) is 4.72 Å². The second kappa shape index (κ2) is 6.24. The molecule has 0 saturated carbocycles. The van der Waals surface area contributed by atoms with Crippen LogP contribution in [-0.4, -0.2) is 15.5 Å². The zero-order chi connectivity index (χ0) is 16.4. The number of anilines is 1. The Morgan fingerprint density at radius 3 is 2.35 bits per heavy atom. The lowest BCUT2D eigenvalue weighted by Crippen LogP contribution is -2.16. The summed E-state index contributed by atoms with van der Waals surface area (Å²) in [5, 5.41) is 0. The van der Waals surface area contributed by atoms with Crippen LogP contribution in [0.2, 0.25) is 0 Å². The Bertz CT molecular complexity index is 828. The maximum atomic E-state index is 12.8. The number of ether oxygens (including phenoxy) is 1. The fourth-order valence-corrected chi connectivity index (χ4v) is 4.33. The fourth-order valence-electron chi connectivity index (χ4n) is 3.00. The highest BCUT2D eigenvalue weighted by atomic mass is 32.2. The van der Waals surface area contributed by atoms with Crippen molar-refractivity contribution in [2.75, 3.05) is 11.8 Å². The molecule has 0 unspecified atom stereocenters. The third kappa shape index (κ3) is 3.20. The van der Waals surface area contributed by atoms with E-state index in [1.165, 1.54) is 12.7 Å². The number of rotatable bonds is 4. The van der Waals surface area contributed by atoms with Gasteiger partial charge in [-0.3, -0.25) is 4.72 Å². The number of methoxy groups -OCH3 is 1. The van der Waals surface area contributed by atoms with E-state index in [-0.39, 0.29) is 4.90 Å². The normalized spacial score (nSPS) is 14.2. The maximum Gasteiger partial charge on any atom is 0.265 e. The lowest BCUT2D eigenvalue weighted by atomic mass is 9.92. The van der Waals surface area contributed by atoms with E-state index in [0.29, 0.717) is 11.4 Å². The van der Waals surface area contributed by atoms with Crippen LogP contribution in [0, 0.1) is 6.92 Å². The van der Waals surface area contributed by atoms with E-state index in [1.807, 2.05) is 31.2 Å². The van der Waals surface area contributed by atoms with Crippen molar-refractivity contribution in [3.63, 3.8) is 0 Å².